The lowest BCUT2D eigenvalue weighted by Crippen LogP contribution is -2.29. The van der Waals surface area contributed by atoms with Gasteiger partial charge in [0.1, 0.15) is 5.75 Å². The molecule has 108 valence electrons. The summed E-state index contributed by atoms with van der Waals surface area (Å²) in [7, 11) is 1.35. The zero-order valence-corrected chi connectivity index (χ0v) is 11.4. The van der Waals surface area contributed by atoms with Crippen molar-refractivity contribution in [1.29, 1.82) is 0 Å². The molecule has 1 saturated carbocycles. The molecule has 1 aliphatic rings. The summed E-state index contributed by atoms with van der Waals surface area (Å²) >= 11 is 0. The van der Waals surface area contributed by atoms with E-state index < -0.39 is 17.8 Å². The number of ether oxygens (including phenoxy) is 1. The molecule has 0 spiro atoms. The summed E-state index contributed by atoms with van der Waals surface area (Å²) in [4.78, 5) is 0. The van der Waals surface area contributed by atoms with Crippen molar-refractivity contribution in [3.63, 3.8) is 0 Å². The smallest absolute Gasteiger partial charge is 0.416 e. The van der Waals surface area contributed by atoms with Crippen LogP contribution in [-0.2, 0) is 6.18 Å². The minimum atomic E-state index is -4.40. The second-order valence-corrected chi connectivity index (χ2v) is 4.67. The number of hydrogen-bond acceptors (Lipinski definition) is 2. The highest BCUT2D eigenvalue weighted by Gasteiger charge is 2.37. The maximum Gasteiger partial charge on any atom is 0.416 e. The summed E-state index contributed by atoms with van der Waals surface area (Å²) in [6.45, 7) is 0. The summed E-state index contributed by atoms with van der Waals surface area (Å²) in [5.74, 6) is 0.367. The van der Waals surface area contributed by atoms with Gasteiger partial charge < -0.3 is 10.5 Å². The van der Waals surface area contributed by atoms with Gasteiger partial charge in [0.2, 0.25) is 0 Å². The van der Waals surface area contributed by atoms with Crippen LogP contribution in [-0.4, -0.2) is 7.11 Å². The fourth-order valence-corrected chi connectivity index (χ4v) is 2.25. The molecule has 1 aromatic rings. The minimum absolute atomic E-state index is 0. The van der Waals surface area contributed by atoms with Crippen molar-refractivity contribution in [2.75, 3.05) is 7.11 Å². The van der Waals surface area contributed by atoms with Crippen LogP contribution in [0.4, 0.5) is 13.2 Å². The van der Waals surface area contributed by atoms with Gasteiger partial charge in [0.15, 0.2) is 0 Å². The van der Waals surface area contributed by atoms with Crippen LogP contribution in [0.2, 0.25) is 0 Å². The second kappa shape index (κ2) is 6.01. The summed E-state index contributed by atoms with van der Waals surface area (Å²) < 4.78 is 43.8. The van der Waals surface area contributed by atoms with Gasteiger partial charge in [-0.3, -0.25) is 0 Å². The van der Waals surface area contributed by atoms with Crippen LogP contribution in [0.1, 0.15) is 36.4 Å². The van der Waals surface area contributed by atoms with Gasteiger partial charge in [0, 0.05) is 6.04 Å². The predicted octanol–water partition coefficient (Wildman–Crippen LogP) is 3.94. The van der Waals surface area contributed by atoms with E-state index in [1.165, 1.54) is 19.2 Å². The molecule has 0 unspecified atom stereocenters. The van der Waals surface area contributed by atoms with Gasteiger partial charge in [-0.1, -0.05) is 12.5 Å². The Morgan fingerprint density at radius 3 is 2.37 bits per heavy atom. The lowest BCUT2D eigenvalue weighted by molar-refractivity contribution is -0.138. The second-order valence-electron chi connectivity index (χ2n) is 4.67. The molecule has 0 amide bonds. The number of alkyl halides is 3. The predicted molar refractivity (Wildman–Crippen MR) is 69.5 cm³/mol. The standard InChI is InChI=1S/C13H16F3NO.ClH/c1-18-9-5-6-10(11(7-9)13(14,15)16)12(17)8-3-2-4-8;/h5-8,12H,2-4,17H2,1H3;1H/t12-;/m1./s1. The van der Waals surface area contributed by atoms with Gasteiger partial charge in [-0.2, -0.15) is 13.2 Å². The number of halogens is 4. The summed E-state index contributed by atoms with van der Waals surface area (Å²) in [5, 5.41) is 0. The van der Waals surface area contributed by atoms with E-state index in [0.717, 1.165) is 25.3 Å². The van der Waals surface area contributed by atoms with Crippen LogP contribution in [0.5, 0.6) is 5.75 Å². The van der Waals surface area contributed by atoms with Gasteiger partial charge >= 0.3 is 6.18 Å². The Morgan fingerprint density at radius 2 is 1.95 bits per heavy atom. The van der Waals surface area contributed by atoms with Crippen LogP contribution in [0, 0.1) is 5.92 Å². The van der Waals surface area contributed by atoms with Crippen molar-refractivity contribution < 1.29 is 17.9 Å². The van der Waals surface area contributed by atoms with Crippen molar-refractivity contribution in [3.8, 4) is 5.75 Å². The van der Waals surface area contributed by atoms with Crippen molar-refractivity contribution in [1.82, 2.24) is 0 Å². The normalized spacial score (nSPS) is 17.3. The third kappa shape index (κ3) is 3.34. The Bertz CT molecular complexity index is 432. The quantitative estimate of drug-likeness (QED) is 0.917. The number of nitrogens with two attached hydrogens (primary N) is 1. The molecular weight excluding hydrogens is 279 g/mol. The molecule has 2 rings (SSSR count). The fourth-order valence-electron chi connectivity index (χ4n) is 2.25. The van der Waals surface area contributed by atoms with E-state index >= 15 is 0 Å². The van der Waals surface area contributed by atoms with Gasteiger partial charge in [-0.15, -0.1) is 12.4 Å². The molecule has 0 heterocycles. The number of hydrogen-bond donors (Lipinski definition) is 1. The highest BCUT2D eigenvalue weighted by Crippen LogP contribution is 2.42. The molecule has 1 aromatic carbocycles. The monoisotopic (exact) mass is 295 g/mol. The molecule has 6 heteroatoms. The molecule has 0 aromatic heterocycles. The minimum Gasteiger partial charge on any atom is -0.497 e. The van der Waals surface area contributed by atoms with Crippen LogP contribution in [0.25, 0.3) is 0 Å². The summed E-state index contributed by atoms with van der Waals surface area (Å²) in [5.41, 5.74) is 5.44. The molecule has 0 radical (unpaired) electrons. The average molecular weight is 296 g/mol. The van der Waals surface area contributed by atoms with Gasteiger partial charge in [0.05, 0.1) is 12.7 Å². The summed E-state index contributed by atoms with van der Waals surface area (Å²) in [6.07, 6.45) is -1.53. The Balaban J connectivity index is 0.00000180. The topological polar surface area (TPSA) is 35.2 Å². The van der Waals surface area contributed by atoms with Gasteiger partial charge in [0.25, 0.3) is 0 Å². The maximum absolute atomic E-state index is 13.0. The van der Waals surface area contributed by atoms with E-state index in [9.17, 15) is 13.2 Å². The molecule has 1 fully saturated rings. The van der Waals surface area contributed by atoms with Gasteiger partial charge in [-0.25, -0.2) is 0 Å². The van der Waals surface area contributed by atoms with E-state index in [-0.39, 0.29) is 29.6 Å². The van der Waals surface area contributed by atoms with E-state index in [0.29, 0.717) is 0 Å². The first-order valence-corrected chi connectivity index (χ1v) is 5.94. The van der Waals surface area contributed by atoms with Crippen LogP contribution >= 0.6 is 12.4 Å². The lowest BCUT2D eigenvalue weighted by atomic mass is 9.76. The Morgan fingerprint density at radius 1 is 1.32 bits per heavy atom. The van der Waals surface area contributed by atoms with Crippen LogP contribution in [0.3, 0.4) is 0 Å². The van der Waals surface area contributed by atoms with Crippen molar-refractivity contribution in [3.05, 3.63) is 29.3 Å². The van der Waals surface area contributed by atoms with Crippen molar-refractivity contribution in [2.24, 2.45) is 11.7 Å². The van der Waals surface area contributed by atoms with Crippen molar-refractivity contribution >= 4 is 12.4 Å². The summed E-state index contributed by atoms with van der Waals surface area (Å²) in [6, 6.07) is 3.45. The zero-order valence-electron chi connectivity index (χ0n) is 10.5. The third-order valence-corrected chi connectivity index (χ3v) is 3.58. The molecule has 1 atom stereocenters. The van der Waals surface area contributed by atoms with Crippen molar-refractivity contribution in [2.45, 2.75) is 31.5 Å². The Labute approximate surface area is 116 Å². The lowest BCUT2D eigenvalue weighted by Gasteiger charge is -2.32. The largest absolute Gasteiger partial charge is 0.497 e. The fraction of sp³-hybridized carbons (Fsp3) is 0.538. The highest BCUT2D eigenvalue weighted by molar-refractivity contribution is 5.85. The van der Waals surface area contributed by atoms with E-state index in [1.807, 2.05) is 0 Å². The van der Waals surface area contributed by atoms with Gasteiger partial charge in [-0.05, 0) is 36.5 Å². The highest BCUT2D eigenvalue weighted by atomic mass is 35.5. The maximum atomic E-state index is 13.0. The molecule has 19 heavy (non-hydrogen) atoms. The third-order valence-electron chi connectivity index (χ3n) is 3.58. The number of benzene rings is 1. The average Bonchev–Trinajstić information content (AvgIpc) is 2.24. The number of rotatable bonds is 3. The van der Waals surface area contributed by atoms with Crippen LogP contribution < -0.4 is 10.5 Å². The molecule has 0 saturated heterocycles. The molecular formula is C13H17ClF3NO. The molecule has 1 aliphatic carbocycles. The first kappa shape index (κ1) is 16.1. The number of methoxy groups -OCH3 is 1. The molecule has 2 N–H and O–H groups in total. The first-order chi connectivity index (χ1) is 8.43. The van der Waals surface area contributed by atoms with E-state index in [4.69, 9.17) is 10.5 Å². The Hall–Kier alpha value is -0.940. The van der Waals surface area contributed by atoms with Crippen LogP contribution in [0.15, 0.2) is 18.2 Å². The zero-order chi connectivity index (χ0) is 13.3. The SMILES string of the molecule is COc1ccc([C@H](N)C2CCC2)c(C(F)(F)F)c1.Cl. The molecule has 0 bridgehead atoms. The first-order valence-electron chi connectivity index (χ1n) is 5.94. The van der Waals surface area contributed by atoms with E-state index in [2.05, 4.69) is 0 Å². The Kier molecular flexibility index (Phi) is 5.10. The molecule has 0 aliphatic heterocycles. The molecule has 2 nitrogen and oxygen atoms in total. The van der Waals surface area contributed by atoms with E-state index in [1.54, 1.807) is 0 Å².